The number of carboxylic acid groups (broad SMARTS) is 1. The summed E-state index contributed by atoms with van der Waals surface area (Å²) in [5, 5.41) is 31.0. The van der Waals surface area contributed by atoms with Crippen molar-refractivity contribution in [2.45, 2.75) is 99.1 Å². The molecule has 2 aromatic carbocycles. The standard InChI is InChI=1S/C32H40F5NO6S2/c1-29(23-10-12-24(39)13-11-23)22-45-27-20-25(40)14-15-26(27)30(29)16-7-5-3-2-4-6-8-18-38(30,21-28(41)42)46(43,44)19-9-17-31(33,34)32(35,36)37/h10-15,20H,2-9,16-19,21-22H2,1H3,(H2-,39,40,41,42)/p+1/t29-,30+,38?/m1/s1. The maximum atomic E-state index is 14.9. The number of carbonyl (C=O) groups is 1. The minimum Gasteiger partial charge on any atom is -0.508 e. The number of fused-ring (bicyclic) bond motifs is 2. The molecule has 1 saturated heterocycles. The molecule has 0 saturated carbocycles. The molecular weight excluding hydrogens is 653 g/mol. The van der Waals surface area contributed by atoms with Gasteiger partial charge in [0.05, 0.1) is 12.0 Å². The quantitative estimate of drug-likeness (QED) is 0.192. The van der Waals surface area contributed by atoms with Gasteiger partial charge in [0.25, 0.3) is 10.0 Å². The fraction of sp³-hybridized carbons (Fsp3) is 0.594. The van der Waals surface area contributed by atoms with Crippen LogP contribution in [0.3, 0.4) is 0 Å². The highest BCUT2D eigenvalue weighted by molar-refractivity contribution is 7.99. The van der Waals surface area contributed by atoms with E-state index in [1.807, 2.05) is 6.92 Å². The van der Waals surface area contributed by atoms with Crippen LogP contribution < -0.4 is 0 Å². The summed E-state index contributed by atoms with van der Waals surface area (Å²) < 4.78 is 96.0. The van der Waals surface area contributed by atoms with Crippen molar-refractivity contribution in [3.8, 4) is 11.5 Å². The number of phenolic OH excluding ortho intramolecular Hbond substituents is 2. The highest BCUT2D eigenvalue weighted by Gasteiger charge is 2.70. The van der Waals surface area contributed by atoms with Gasteiger partial charge >= 0.3 is 18.1 Å². The van der Waals surface area contributed by atoms with Gasteiger partial charge in [0.1, 0.15) is 17.3 Å². The molecular formula is C32H41F5NO6S2+. The Morgan fingerprint density at radius 2 is 1.50 bits per heavy atom. The predicted octanol–water partition coefficient (Wildman–Crippen LogP) is 7.70. The zero-order valence-electron chi connectivity index (χ0n) is 25.7. The molecule has 7 nitrogen and oxygen atoms in total. The third kappa shape index (κ3) is 6.58. The van der Waals surface area contributed by atoms with E-state index >= 15 is 0 Å². The van der Waals surface area contributed by atoms with Crippen LogP contribution in [0.4, 0.5) is 22.0 Å². The molecule has 14 heteroatoms. The molecule has 3 atom stereocenters. The Labute approximate surface area is 270 Å². The summed E-state index contributed by atoms with van der Waals surface area (Å²) >= 11 is 1.36. The average Bonchev–Trinajstić information content (AvgIpc) is 2.99. The van der Waals surface area contributed by atoms with Gasteiger partial charge in [-0.3, -0.25) is 0 Å². The molecule has 1 fully saturated rings. The molecule has 0 aromatic heterocycles. The smallest absolute Gasteiger partial charge is 0.453 e. The van der Waals surface area contributed by atoms with E-state index in [0.29, 0.717) is 35.3 Å². The molecule has 1 spiro atoms. The fourth-order valence-corrected chi connectivity index (χ4v) is 11.5. The van der Waals surface area contributed by atoms with Gasteiger partial charge in [-0.2, -0.15) is 34.3 Å². The van der Waals surface area contributed by atoms with Crippen molar-refractivity contribution in [2.24, 2.45) is 0 Å². The van der Waals surface area contributed by atoms with Crippen molar-refractivity contribution in [3.05, 3.63) is 53.6 Å². The fourth-order valence-electron chi connectivity index (χ4n) is 7.57. The lowest BCUT2D eigenvalue weighted by Gasteiger charge is -2.61. The predicted molar refractivity (Wildman–Crippen MR) is 165 cm³/mol. The Balaban J connectivity index is 2.07. The lowest BCUT2D eigenvalue weighted by atomic mass is 9.60. The molecule has 0 aliphatic carbocycles. The van der Waals surface area contributed by atoms with Crippen molar-refractivity contribution < 1.29 is 54.4 Å². The number of aromatic hydroxyl groups is 2. The number of halogens is 5. The van der Waals surface area contributed by atoms with Gasteiger partial charge < -0.3 is 15.3 Å². The van der Waals surface area contributed by atoms with Gasteiger partial charge in [0, 0.05) is 29.1 Å². The summed E-state index contributed by atoms with van der Waals surface area (Å²) in [6.07, 6.45) is -3.92. The number of phenols is 2. The summed E-state index contributed by atoms with van der Waals surface area (Å²) in [6, 6.07) is 10.7. The minimum absolute atomic E-state index is 0.0397. The van der Waals surface area contributed by atoms with Crippen LogP contribution in [-0.2, 0) is 25.8 Å². The largest absolute Gasteiger partial charge is 0.508 e. The summed E-state index contributed by atoms with van der Waals surface area (Å²) in [5.41, 5.74) is -1.64. The molecule has 0 amide bonds. The first-order valence-electron chi connectivity index (χ1n) is 15.4. The van der Waals surface area contributed by atoms with Crippen LogP contribution in [0.2, 0.25) is 0 Å². The Morgan fingerprint density at radius 3 is 2.11 bits per heavy atom. The number of quaternary nitrogens is 1. The van der Waals surface area contributed by atoms with Crippen molar-refractivity contribution >= 4 is 27.8 Å². The Hall–Kier alpha value is -2.58. The molecule has 3 N–H and O–H groups in total. The molecule has 2 heterocycles. The number of aliphatic carboxylic acids is 1. The number of hydrogen-bond acceptors (Lipinski definition) is 6. The van der Waals surface area contributed by atoms with Gasteiger partial charge in [-0.05, 0) is 68.5 Å². The topological polar surface area (TPSA) is 112 Å². The zero-order valence-corrected chi connectivity index (χ0v) is 27.3. The maximum Gasteiger partial charge on any atom is 0.453 e. The van der Waals surface area contributed by atoms with Crippen molar-refractivity contribution in [1.29, 1.82) is 0 Å². The van der Waals surface area contributed by atoms with Crippen molar-refractivity contribution in [2.75, 3.05) is 24.6 Å². The molecule has 0 bridgehead atoms. The second-order valence-corrected chi connectivity index (χ2v) is 16.0. The van der Waals surface area contributed by atoms with Gasteiger partial charge in [0.15, 0.2) is 12.1 Å². The van der Waals surface area contributed by atoms with Gasteiger partial charge in [0.2, 0.25) is 0 Å². The number of carboxylic acids is 1. The lowest BCUT2D eigenvalue weighted by Crippen LogP contribution is -2.75. The van der Waals surface area contributed by atoms with Crippen LogP contribution in [0.5, 0.6) is 11.5 Å². The molecule has 0 radical (unpaired) electrons. The van der Waals surface area contributed by atoms with E-state index in [1.54, 1.807) is 18.2 Å². The SMILES string of the molecule is C[C@]1(c2ccc(O)cc2)CSc2cc(O)ccc2[C@@]12CCCCCCCCC[N+]2(CC(=O)O)S(=O)(=O)CCCC(F)(F)C(F)(F)F. The molecule has 256 valence electrons. The Kier molecular flexibility index (Phi) is 10.6. The van der Waals surface area contributed by atoms with Crippen LogP contribution >= 0.6 is 11.8 Å². The van der Waals surface area contributed by atoms with Gasteiger partial charge in [-0.1, -0.05) is 37.8 Å². The van der Waals surface area contributed by atoms with Crippen LogP contribution in [0.15, 0.2) is 47.4 Å². The van der Waals surface area contributed by atoms with E-state index in [0.717, 1.165) is 19.3 Å². The zero-order chi connectivity index (χ0) is 34.0. The molecule has 46 heavy (non-hydrogen) atoms. The van der Waals surface area contributed by atoms with E-state index in [2.05, 4.69) is 0 Å². The van der Waals surface area contributed by atoms with E-state index in [9.17, 15) is 50.5 Å². The first-order valence-corrected chi connectivity index (χ1v) is 18.0. The highest BCUT2D eigenvalue weighted by atomic mass is 32.2. The number of thioether (sulfide) groups is 1. The monoisotopic (exact) mass is 694 g/mol. The number of rotatable bonds is 8. The number of hydrogen-bond donors (Lipinski definition) is 3. The number of benzene rings is 2. The maximum absolute atomic E-state index is 14.9. The molecule has 1 unspecified atom stereocenters. The lowest BCUT2D eigenvalue weighted by molar-refractivity contribution is -0.873. The third-order valence-corrected chi connectivity index (χ3v) is 13.7. The highest BCUT2D eigenvalue weighted by Crippen LogP contribution is 2.62. The van der Waals surface area contributed by atoms with Crippen molar-refractivity contribution in [1.82, 2.24) is 0 Å². The number of sulfonamides is 1. The second kappa shape index (κ2) is 13.5. The van der Waals surface area contributed by atoms with E-state index < -0.39 is 68.1 Å². The van der Waals surface area contributed by atoms with Gasteiger partial charge in [-0.15, -0.1) is 11.8 Å². The molecule has 2 aliphatic rings. The third-order valence-electron chi connectivity index (χ3n) is 9.83. The number of alkyl halides is 5. The Morgan fingerprint density at radius 1 is 0.913 bits per heavy atom. The molecule has 4 rings (SSSR count). The van der Waals surface area contributed by atoms with Crippen LogP contribution in [-0.4, -0.2) is 70.3 Å². The van der Waals surface area contributed by atoms with E-state index in [-0.39, 0.29) is 36.6 Å². The normalized spacial score (nSPS) is 26.7. The summed E-state index contributed by atoms with van der Waals surface area (Å²) in [7, 11) is -4.80. The van der Waals surface area contributed by atoms with Crippen LogP contribution in [0.25, 0.3) is 0 Å². The summed E-state index contributed by atoms with van der Waals surface area (Å²) in [6.45, 7) is 0.684. The van der Waals surface area contributed by atoms with Crippen molar-refractivity contribution in [3.63, 3.8) is 0 Å². The first kappa shape index (κ1) is 36.3. The summed E-state index contributed by atoms with van der Waals surface area (Å²) in [5.74, 6) is -7.55. The van der Waals surface area contributed by atoms with E-state index in [1.165, 1.54) is 36.0 Å². The second-order valence-electron chi connectivity index (χ2n) is 12.7. The number of nitrogens with zero attached hydrogens (tertiary/aromatic N) is 1. The average molecular weight is 695 g/mol. The van der Waals surface area contributed by atoms with Crippen LogP contribution in [0, 0.1) is 0 Å². The minimum atomic E-state index is -5.86. The van der Waals surface area contributed by atoms with E-state index in [4.69, 9.17) is 0 Å². The molecule has 2 aromatic rings. The molecule has 2 aliphatic heterocycles. The first-order chi connectivity index (χ1) is 21.4. The van der Waals surface area contributed by atoms with Gasteiger partial charge in [-0.25, -0.2) is 4.79 Å². The Bertz CT molecular complexity index is 1500. The van der Waals surface area contributed by atoms with Crippen LogP contribution in [0.1, 0.15) is 82.3 Å². The summed E-state index contributed by atoms with van der Waals surface area (Å²) in [4.78, 5) is 13.4.